The molecular formula is C20H24F3N7O4. The molecule has 1 saturated heterocycles. The summed E-state index contributed by atoms with van der Waals surface area (Å²) >= 11 is 0. The highest BCUT2D eigenvalue weighted by molar-refractivity contribution is 5.67. The van der Waals surface area contributed by atoms with Gasteiger partial charge in [0, 0.05) is 31.5 Å². The minimum atomic E-state index is -2.81. The zero-order chi connectivity index (χ0) is 24.4. The number of hydrogen-bond acceptors (Lipinski definition) is 8. The summed E-state index contributed by atoms with van der Waals surface area (Å²) in [7, 11) is 1.49. The molecule has 0 aliphatic carbocycles. The summed E-state index contributed by atoms with van der Waals surface area (Å²) in [6.45, 7) is 3.56. The number of aromatic nitrogens is 5. The van der Waals surface area contributed by atoms with Gasteiger partial charge in [0.1, 0.15) is 17.4 Å². The van der Waals surface area contributed by atoms with Crippen LogP contribution in [0.1, 0.15) is 43.5 Å². The Hall–Kier alpha value is -3.39. The second kappa shape index (κ2) is 9.85. The van der Waals surface area contributed by atoms with Crippen LogP contribution in [0.25, 0.3) is 5.65 Å². The second-order valence-electron chi connectivity index (χ2n) is 7.97. The highest BCUT2D eigenvalue weighted by Crippen LogP contribution is 2.33. The zero-order valence-corrected chi connectivity index (χ0v) is 18.6. The molecule has 4 heterocycles. The molecule has 0 radical (unpaired) electrons. The van der Waals surface area contributed by atoms with E-state index >= 15 is 0 Å². The summed E-state index contributed by atoms with van der Waals surface area (Å²) in [6, 6.07) is 2.49. The summed E-state index contributed by atoms with van der Waals surface area (Å²) in [5, 5.41) is 12.1. The number of imidazole rings is 1. The molecule has 3 atom stereocenters. The number of halogens is 3. The lowest BCUT2D eigenvalue weighted by Crippen LogP contribution is -2.36. The zero-order valence-electron chi connectivity index (χ0n) is 18.6. The highest BCUT2D eigenvalue weighted by Gasteiger charge is 2.42. The number of carbonyl (C=O) groups is 1. The van der Waals surface area contributed by atoms with Gasteiger partial charge in [-0.3, -0.25) is 9.50 Å². The largest absolute Gasteiger partial charge is 0.441 e. The van der Waals surface area contributed by atoms with Crippen molar-refractivity contribution in [3.8, 4) is 0 Å². The van der Waals surface area contributed by atoms with Crippen LogP contribution in [-0.2, 0) is 20.8 Å². The van der Waals surface area contributed by atoms with Crippen molar-refractivity contribution in [2.24, 2.45) is 0 Å². The first kappa shape index (κ1) is 23.8. The molecule has 4 rings (SSSR count). The molecular weight excluding hydrogens is 459 g/mol. The number of fused-ring (bicyclic) bond motifs is 1. The quantitative estimate of drug-likeness (QED) is 0.446. The summed E-state index contributed by atoms with van der Waals surface area (Å²) in [5.41, 5.74) is 0.576. The third-order valence-electron chi connectivity index (χ3n) is 4.93. The Morgan fingerprint density at radius 3 is 2.85 bits per heavy atom. The first-order valence-corrected chi connectivity index (χ1v) is 10.5. The number of aromatic amines is 1. The fourth-order valence-corrected chi connectivity index (χ4v) is 3.48. The molecule has 14 heteroatoms. The fraction of sp³-hybridized carbons (Fsp3) is 0.500. The molecule has 3 N–H and O–H groups in total. The average molecular weight is 483 g/mol. The molecule has 3 aromatic heterocycles. The Labute approximate surface area is 192 Å². The molecule has 1 aliphatic heterocycles. The summed E-state index contributed by atoms with van der Waals surface area (Å²) in [6.07, 6.45) is -5.73. The molecule has 34 heavy (non-hydrogen) atoms. The van der Waals surface area contributed by atoms with Crippen LogP contribution in [0.2, 0.25) is 0 Å². The first-order valence-electron chi connectivity index (χ1n) is 10.5. The number of nitrogens with zero attached hydrogens (tertiary/aromatic N) is 4. The average Bonchev–Trinajstić information content (AvgIpc) is 3.47. The van der Waals surface area contributed by atoms with Gasteiger partial charge in [0.25, 0.3) is 6.43 Å². The second-order valence-corrected chi connectivity index (χ2v) is 7.97. The van der Waals surface area contributed by atoms with Gasteiger partial charge in [-0.1, -0.05) is 0 Å². The molecule has 3 aromatic rings. The topological polar surface area (TPSA) is 128 Å². The normalized spacial score (nSPS) is 20.4. The number of alkyl halides is 3. The molecule has 0 aromatic carbocycles. The minimum Gasteiger partial charge on any atom is -0.441 e. The molecule has 1 amide bonds. The molecule has 0 bridgehead atoms. The smallest absolute Gasteiger partial charge is 0.407 e. The van der Waals surface area contributed by atoms with Gasteiger partial charge in [-0.15, -0.1) is 0 Å². The van der Waals surface area contributed by atoms with Crippen molar-refractivity contribution < 1.29 is 32.2 Å². The number of rotatable bonds is 8. The number of methoxy groups -OCH3 is 1. The van der Waals surface area contributed by atoms with Gasteiger partial charge >= 0.3 is 6.09 Å². The van der Waals surface area contributed by atoms with E-state index in [4.69, 9.17) is 14.2 Å². The predicted molar refractivity (Wildman–Crippen MR) is 113 cm³/mol. The molecule has 0 unspecified atom stereocenters. The van der Waals surface area contributed by atoms with E-state index < -0.39 is 36.6 Å². The number of nitrogens with one attached hydrogen (secondary N) is 3. The van der Waals surface area contributed by atoms with Gasteiger partial charge < -0.3 is 24.8 Å². The van der Waals surface area contributed by atoms with Crippen LogP contribution in [0.5, 0.6) is 0 Å². The Morgan fingerprint density at radius 2 is 2.15 bits per heavy atom. The maximum atomic E-state index is 14.9. The first-order chi connectivity index (χ1) is 16.2. The molecule has 11 nitrogen and oxygen atoms in total. The number of carbonyl (C=O) groups excluding carboxylic acids is 1. The Kier molecular flexibility index (Phi) is 6.88. The van der Waals surface area contributed by atoms with E-state index in [0.717, 1.165) is 0 Å². The lowest BCUT2D eigenvalue weighted by molar-refractivity contribution is 0.0615. The summed E-state index contributed by atoms with van der Waals surface area (Å²) in [5.74, 6) is 0.228. The van der Waals surface area contributed by atoms with E-state index in [1.54, 1.807) is 20.0 Å². The molecule has 0 saturated carbocycles. The number of anilines is 2. The van der Waals surface area contributed by atoms with Crippen LogP contribution >= 0.6 is 0 Å². The van der Waals surface area contributed by atoms with Crippen LogP contribution in [0.4, 0.5) is 29.7 Å². The molecule has 0 spiro atoms. The van der Waals surface area contributed by atoms with Gasteiger partial charge in [0.05, 0.1) is 24.6 Å². The van der Waals surface area contributed by atoms with Crippen LogP contribution in [0.3, 0.4) is 0 Å². The van der Waals surface area contributed by atoms with Crippen molar-refractivity contribution in [3.63, 3.8) is 0 Å². The van der Waals surface area contributed by atoms with E-state index in [2.05, 4.69) is 30.8 Å². The lowest BCUT2D eigenvalue weighted by atomic mass is 10.1. The summed E-state index contributed by atoms with van der Waals surface area (Å²) < 4.78 is 58.7. The number of amides is 1. The van der Waals surface area contributed by atoms with E-state index in [9.17, 15) is 18.0 Å². The van der Waals surface area contributed by atoms with Crippen molar-refractivity contribution in [2.45, 2.75) is 51.3 Å². The fourth-order valence-electron chi connectivity index (χ4n) is 3.48. The predicted octanol–water partition coefficient (Wildman–Crippen LogP) is 3.19. The van der Waals surface area contributed by atoms with Gasteiger partial charge in [0.2, 0.25) is 5.95 Å². The Bertz CT molecular complexity index is 1150. The number of H-pyrrole nitrogens is 1. The molecule has 1 fully saturated rings. The van der Waals surface area contributed by atoms with Gasteiger partial charge in [-0.05, 0) is 13.8 Å². The summed E-state index contributed by atoms with van der Waals surface area (Å²) in [4.78, 5) is 20.0. The van der Waals surface area contributed by atoms with Crippen LogP contribution in [0, 0.1) is 0 Å². The molecule has 1 aliphatic rings. The third-order valence-corrected chi connectivity index (χ3v) is 4.93. The van der Waals surface area contributed by atoms with Crippen molar-refractivity contribution in [3.05, 3.63) is 35.4 Å². The number of alkyl carbamates (subject to hydrolysis) is 1. The minimum absolute atomic E-state index is 0.0383. The number of ether oxygens (including phenoxy) is 3. The molecule has 184 valence electrons. The van der Waals surface area contributed by atoms with E-state index in [-0.39, 0.29) is 42.4 Å². The van der Waals surface area contributed by atoms with Crippen molar-refractivity contribution >= 4 is 23.5 Å². The SMILES string of the molecule is COCc1cn2c(Nc3cc([C@H]4OC[C@@H](OC(=O)NC(C)C)[C@@H]4F)[nH]n3)nc(C(F)F)cc2n1. The Morgan fingerprint density at radius 1 is 1.35 bits per heavy atom. The lowest BCUT2D eigenvalue weighted by Gasteiger charge is -2.16. The van der Waals surface area contributed by atoms with Crippen LogP contribution in [0.15, 0.2) is 18.3 Å². The Balaban J connectivity index is 1.51. The standard InChI is InChI=1S/C20H24F3N7O4/c1-9(2)24-20(31)34-13-8-33-17(16(13)21)11-4-14(29-28-11)27-19-26-12(18(22)23)5-15-25-10(7-32-3)6-30(15)19/h4-6,9,13,16-18H,7-8H2,1-3H3,(H,24,31)(H2,26,27,28,29)/t13-,16+,17-/m1/s1. The van der Waals surface area contributed by atoms with Gasteiger partial charge in [-0.25, -0.2) is 27.9 Å². The number of hydrogen-bond donors (Lipinski definition) is 3. The maximum Gasteiger partial charge on any atom is 0.407 e. The monoisotopic (exact) mass is 483 g/mol. The maximum absolute atomic E-state index is 14.9. The van der Waals surface area contributed by atoms with Crippen molar-refractivity contribution in [1.82, 2.24) is 29.9 Å². The van der Waals surface area contributed by atoms with Gasteiger partial charge in [0.15, 0.2) is 18.1 Å². The van der Waals surface area contributed by atoms with Crippen molar-refractivity contribution in [2.75, 3.05) is 19.0 Å². The van der Waals surface area contributed by atoms with Crippen LogP contribution < -0.4 is 10.6 Å². The van der Waals surface area contributed by atoms with Gasteiger partial charge in [-0.2, -0.15) is 5.10 Å². The van der Waals surface area contributed by atoms with E-state index in [0.29, 0.717) is 5.69 Å². The van der Waals surface area contributed by atoms with Crippen molar-refractivity contribution in [1.29, 1.82) is 0 Å². The third kappa shape index (κ3) is 5.07. The highest BCUT2D eigenvalue weighted by atomic mass is 19.3. The van der Waals surface area contributed by atoms with E-state index in [1.165, 1.54) is 23.6 Å². The van der Waals surface area contributed by atoms with E-state index in [1.807, 2.05) is 0 Å². The van der Waals surface area contributed by atoms with Crippen LogP contribution in [-0.4, -0.2) is 62.7 Å².